The van der Waals surface area contributed by atoms with Crippen LogP contribution in [0.4, 0.5) is 5.69 Å². The van der Waals surface area contributed by atoms with Crippen LogP contribution in [-0.2, 0) is 12.3 Å². The Morgan fingerprint density at radius 2 is 2.11 bits per heavy atom. The number of alkyl halides is 1. The Kier molecular flexibility index (Phi) is 4.87. The number of hydrogen-bond acceptors (Lipinski definition) is 4. The average Bonchev–Trinajstić information content (AvgIpc) is 2.88. The maximum absolute atomic E-state index is 12.1. The van der Waals surface area contributed by atoms with Crippen LogP contribution in [0.5, 0.6) is 0 Å². The fraction of sp³-hybridized carbons (Fsp3) is 0.308. The third-order valence-corrected chi connectivity index (χ3v) is 3.69. The molecule has 1 heterocycles. The number of aromatic nitrogens is 2. The van der Waals surface area contributed by atoms with Gasteiger partial charge in [-0.1, -0.05) is 30.0 Å². The Labute approximate surface area is 121 Å². The molecule has 2 aromatic rings. The van der Waals surface area contributed by atoms with E-state index in [1.54, 1.807) is 0 Å². The van der Waals surface area contributed by atoms with Crippen LogP contribution in [0, 0.1) is 0 Å². The van der Waals surface area contributed by atoms with Gasteiger partial charge in [0.25, 0.3) is 5.91 Å². The predicted octanol–water partition coefficient (Wildman–Crippen LogP) is 3.48. The monoisotopic (exact) mass is 295 g/mol. The third-order valence-electron chi connectivity index (χ3n) is 2.61. The number of rotatable bonds is 5. The molecule has 6 heteroatoms. The lowest BCUT2D eigenvalue weighted by Gasteiger charge is -2.05. The zero-order chi connectivity index (χ0) is 13.7. The van der Waals surface area contributed by atoms with Gasteiger partial charge in [-0.3, -0.25) is 4.79 Å². The SMILES string of the molecule is CCCc1nnsc1C(=O)Nc1ccc(CCl)cc1. The minimum Gasteiger partial charge on any atom is -0.321 e. The second-order valence-electron chi connectivity index (χ2n) is 4.08. The number of carbonyl (C=O) groups excluding carboxylic acids is 1. The van der Waals surface area contributed by atoms with Crippen molar-refractivity contribution in [2.45, 2.75) is 25.6 Å². The minimum atomic E-state index is -0.155. The molecule has 1 aromatic heterocycles. The van der Waals surface area contributed by atoms with Gasteiger partial charge in [0.05, 0.1) is 5.69 Å². The standard InChI is InChI=1S/C13H14ClN3OS/c1-2-3-11-12(19-17-16-11)13(18)15-10-6-4-9(8-14)5-7-10/h4-7H,2-3,8H2,1H3,(H,15,18). The summed E-state index contributed by atoms with van der Waals surface area (Å²) in [4.78, 5) is 12.7. The Balaban J connectivity index is 2.09. The van der Waals surface area contributed by atoms with Gasteiger partial charge in [-0.25, -0.2) is 0 Å². The quantitative estimate of drug-likeness (QED) is 0.859. The Morgan fingerprint density at radius 3 is 2.74 bits per heavy atom. The van der Waals surface area contributed by atoms with Gasteiger partial charge >= 0.3 is 0 Å². The summed E-state index contributed by atoms with van der Waals surface area (Å²) in [6, 6.07) is 7.45. The first-order chi connectivity index (χ1) is 9.24. The number of nitrogens with one attached hydrogen (secondary N) is 1. The minimum absolute atomic E-state index is 0.155. The number of nitrogens with zero attached hydrogens (tertiary/aromatic N) is 2. The molecular weight excluding hydrogens is 282 g/mol. The van der Waals surface area contributed by atoms with Crippen molar-refractivity contribution in [1.29, 1.82) is 0 Å². The highest BCUT2D eigenvalue weighted by Gasteiger charge is 2.15. The molecule has 1 aromatic carbocycles. The molecule has 0 bridgehead atoms. The first kappa shape index (κ1) is 14.0. The molecule has 2 rings (SSSR count). The second-order valence-corrected chi connectivity index (χ2v) is 5.10. The number of carbonyl (C=O) groups is 1. The molecule has 19 heavy (non-hydrogen) atoms. The number of anilines is 1. The Bertz CT molecular complexity index is 553. The molecule has 0 atom stereocenters. The van der Waals surface area contributed by atoms with Crippen molar-refractivity contribution in [3.8, 4) is 0 Å². The lowest BCUT2D eigenvalue weighted by Crippen LogP contribution is -2.12. The van der Waals surface area contributed by atoms with Crippen LogP contribution in [0.15, 0.2) is 24.3 Å². The van der Waals surface area contributed by atoms with Crippen LogP contribution in [-0.4, -0.2) is 15.5 Å². The zero-order valence-electron chi connectivity index (χ0n) is 10.5. The van der Waals surface area contributed by atoms with Crippen LogP contribution in [0.2, 0.25) is 0 Å². The molecular formula is C13H14ClN3OS. The van der Waals surface area contributed by atoms with E-state index < -0.39 is 0 Å². The fourth-order valence-electron chi connectivity index (χ4n) is 1.65. The van der Waals surface area contributed by atoms with E-state index in [2.05, 4.69) is 14.9 Å². The first-order valence-corrected chi connectivity index (χ1v) is 7.33. The maximum Gasteiger partial charge on any atom is 0.269 e. The maximum atomic E-state index is 12.1. The summed E-state index contributed by atoms with van der Waals surface area (Å²) >= 11 is 6.85. The lowest BCUT2D eigenvalue weighted by molar-refractivity contribution is 0.102. The molecule has 0 radical (unpaired) electrons. The number of halogens is 1. The molecule has 0 aliphatic heterocycles. The van der Waals surface area contributed by atoms with Gasteiger partial charge in [0.2, 0.25) is 0 Å². The summed E-state index contributed by atoms with van der Waals surface area (Å²) < 4.78 is 3.84. The van der Waals surface area contributed by atoms with Crippen LogP contribution in [0.3, 0.4) is 0 Å². The average molecular weight is 296 g/mol. The van der Waals surface area contributed by atoms with Gasteiger partial charge in [-0.05, 0) is 35.6 Å². The van der Waals surface area contributed by atoms with E-state index in [-0.39, 0.29) is 5.91 Å². The highest BCUT2D eigenvalue weighted by Crippen LogP contribution is 2.16. The summed E-state index contributed by atoms with van der Waals surface area (Å²) in [5, 5.41) is 6.83. The Morgan fingerprint density at radius 1 is 1.37 bits per heavy atom. The van der Waals surface area contributed by atoms with Gasteiger partial charge in [-0.2, -0.15) is 0 Å². The van der Waals surface area contributed by atoms with Crippen molar-refractivity contribution in [2.24, 2.45) is 0 Å². The van der Waals surface area contributed by atoms with Gasteiger partial charge < -0.3 is 5.32 Å². The van der Waals surface area contributed by atoms with Crippen LogP contribution in [0.1, 0.15) is 34.3 Å². The third kappa shape index (κ3) is 3.52. The normalized spacial score (nSPS) is 10.4. The van der Waals surface area contributed by atoms with E-state index in [0.29, 0.717) is 10.8 Å². The molecule has 1 N–H and O–H groups in total. The smallest absolute Gasteiger partial charge is 0.269 e. The summed E-state index contributed by atoms with van der Waals surface area (Å²) in [6.07, 6.45) is 1.71. The molecule has 1 amide bonds. The van der Waals surface area contributed by atoms with Gasteiger partial charge in [0.1, 0.15) is 4.88 Å². The van der Waals surface area contributed by atoms with Crippen LogP contribution >= 0.6 is 23.1 Å². The molecule has 0 fully saturated rings. The van der Waals surface area contributed by atoms with Crippen molar-refractivity contribution in [2.75, 3.05) is 5.32 Å². The number of amides is 1. The van der Waals surface area contributed by atoms with E-state index in [4.69, 9.17) is 11.6 Å². The van der Waals surface area contributed by atoms with E-state index in [9.17, 15) is 4.79 Å². The summed E-state index contributed by atoms with van der Waals surface area (Å²) in [7, 11) is 0. The van der Waals surface area contributed by atoms with Crippen molar-refractivity contribution in [3.63, 3.8) is 0 Å². The molecule has 0 unspecified atom stereocenters. The van der Waals surface area contributed by atoms with E-state index in [0.717, 1.165) is 41.3 Å². The van der Waals surface area contributed by atoms with E-state index >= 15 is 0 Å². The molecule has 100 valence electrons. The number of hydrogen-bond donors (Lipinski definition) is 1. The van der Waals surface area contributed by atoms with Gasteiger partial charge in [0.15, 0.2) is 0 Å². The molecule has 0 aliphatic rings. The number of benzene rings is 1. The van der Waals surface area contributed by atoms with E-state index in [1.807, 2.05) is 31.2 Å². The molecule has 0 saturated carbocycles. The highest BCUT2D eigenvalue weighted by atomic mass is 35.5. The summed E-state index contributed by atoms with van der Waals surface area (Å²) in [5.41, 5.74) is 2.53. The molecule has 4 nitrogen and oxygen atoms in total. The second kappa shape index (κ2) is 6.63. The molecule has 0 spiro atoms. The summed E-state index contributed by atoms with van der Waals surface area (Å²) in [6.45, 7) is 2.05. The molecule has 0 aliphatic carbocycles. The van der Waals surface area contributed by atoms with Crippen molar-refractivity contribution < 1.29 is 4.79 Å². The lowest BCUT2D eigenvalue weighted by atomic mass is 10.2. The molecule has 0 saturated heterocycles. The van der Waals surface area contributed by atoms with Crippen molar-refractivity contribution in [3.05, 3.63) is 40.4 Å². The topological polar surface area (TPSA) is 54.9 Å². The summed E-state index contributed by atoms with van der Waals surface area (Å²) in [5.74, 6) is 0.310. The van der Waals surface area contributed by atoms with Gasteiger partial charge in [-0.15, -0.1) is 16.7 Å². The largest absolute Gasteiger partial charge is 0.321 e. The van der Waals surface area contributed by atoms with Crippen molar-refractivity contribution >= 4 is 34.7 Å². The van der Waals surface area contributed by atoms with Crippen LogP contribution in [0.25, 0.3) is 0 Å². The fourth-order valence-corrected chi connectivity index (χ4v) is 2.43. The highest BCUT2D eigenvalue weighted by molar-refractivity contribution is 7.08. The van der Waals surface area contributed by atoms with Gasteiger partial charge in [0, 0.05) is 11.6 Å². The van der Waals surface area contributed by atoms with Crippen molar-refractivity contribution in [1.82, 2.24) is 9.59 Å². The first-order valence-electron chi connectivity index (χ1n) is 6.02. The zero-order valence-corrected chi connectivity index (χ0v) is 12.1. The number of aryl methyl sites for hydroxylation is 1. The predicted molar refractivity (Wildman–Crippen MR) is 77.9 cm³/mol. The van der Waals surface area contributed by atoms with Crippen LogP contribution < -0.4 is 5.32 Å². The Hall–Kier alpha value is -1.46. The van der Waals surface area contributed by atoms with E-state index in [1.165, 1.54) is 0 Å².